The van der Waals surface area contributed by atoms with Crippen LogP contribution in [0.15, 0.2) is 6.33 Å². The van der Waals surface area contributed by atoms with Gasteiger partial charge in [0.05, 0.1) is 7.11 Å². The molecule has 1 aliphatic rings. The molecule has 4 nitrogen and oxygen atoms in total. The molecule has 0 bridgehead atoms. The van der Waals surface area contributed by atoms with Crippen molar-refractivity contribution < 1.29 is 4.74 Å². The average Bonchev–Trinajstić information content (AvgIpc) is 2.84. The Bertz CT molecular complexity index is 380. The van der Waals surface area contributed by atoms with Crippen molar-refractivity contribution >= 4 is 17.4 Å². The Balaban J connectivity index is 2.32. The van der Waals surface area contributed by atoms with Crippen LogP contribution in [-0.2, 0) is 0 Å². The van der Waals surface area contributed by atoms with Gasteiger partial charge in [-0.25, -0.2) is 9.97 Å². The number of nitrogens with zero attached hydrogens (tertiary/aromatic N) is 3. The summed E-state index contributed by atoms with van der Waals surface area (Å²) < 4.78 is 5.32. The summed E-state index contributed by atoms with van der Waals surface area (Å²) >= 11 is 6.03. The van der Waals surface area contributed by atoms with Gasteiger partial charge in [-0.3, -0.25) is 0 Å². The van der Waals surface area contributed by atoms with Crippen LogP contribution < -0.4 is 9.64 Å². The highest BCUT2D eigenvalue weighted by atomic mass is 35.5. The standard InChI is InChI=1S/C12H18ClN3O/c1-3-16(9-6-4-5-7-9)12-10(17-2)11(13)14-8-15-12/h8-9H,3-7H2,1-2H3. The van der Waals surface area contributed by atoms with E-state index in [1.807, 2.05) is 0 Å². The molecule has 17 heavy (non-hydrogen) atoms. The van der Waals surface area contributed by atoms with Crippen molar-refractivity contribution in [3.8, 4) is 5.75 Å². The second-order valence-electron chi connectivity index (χ2n) is 4.25. The number of ether oxygens (including phenoxy) is 1. The van der Waals surface area contributed by atoms with Gasteiger partial charge in [0.25, 0.3) is 0 Å². The maximum atomic E-state index is 6.03. The predicted octanol–water partition coefficient (Wildman–Crippen LogP) is 2.91. The lowest BCUT2D eigenvalue weighted by molar-refractivity contribution is 0.408. The van der Waals surface area contributed by atoms with Gasteiger partial charge in [0.2, 0.25) is 0 Å². The van der Waals surface area contributed by atoms with E-state index in [2.05, 4.69) is 21.8 Å². The van der Waals surface area contributed by atoms with Crippen LogP contribution in [-0.4, -0.2) is 29.7 Å². The maximum absolute atomic E-state index is 6.03. The van der Waals surface area contributed by atoms with Gasteiger partial charge < -0.3 is 9.64 Å². The summed E-state index contributed by atoms with van der Waals surface area (Å²) in [6, 6.07) is 0.555. The predicted molar refractivity (Wildman–Crippen MR) is 68.9 cm³/mol. The first kappa shape index (κ1) is 12.4. The van der Waals surface area contributed by atoms with E-state index in [1.54, 1.807) is 7.11 Å². The van der Waals surface area contributed by atoms with Gasteiger partial charge in [0.15, 0.2) is 16.7 Å². The monoisotopic (exact) mass is 255 g/mol. The number of halogens is 1. The number of aromatic nitrogens is 2. The highest BCUT2D eigenvalue weighted by Crippen LogP contribution is 2.35. The van der Waals surface area contributed by atoms with Crippen molar-refractivity contribution in [2.24, 2.45) is 0 Å². The number of methoxy groups -OCH3 is 1. The van der Waals surface area contributed by atoms with E-state index in [1.165, 1.54) is 32.0 Å². The second-order valence-corrected chi connectivity index (χ2v) is 4.60. The smallest absolute Gasteiger partial charge is 0.199 e. The Morgan fingerprint density at radius 3 is 2.71 bits per heavy atom. The molecule has 1 saturated carbocycles. The van der Waals surface area contributed by atoms with Crippen molar-refractivity contribution in [2.75, 3.05) is 18.6 Å². The highest BCUT2D eigenvalue weighted by Gasteiger charge is 2.25. The van der Waals surface area contributed by atoms with Gasteiger partial charge in [-0.15, -0.1) is 0 Å². The molecule has 1 aromatic rings. The zero-order valence-electron chi connectivity index (χ0n) is 10.3. The molecule has 1 aromatic heterocycles. The summed E-state index contributed by atoms with van der Waals surface area (Å²) in [4.78, 5) is 10.6. The molecule has 5 heteroatoms. The molecule has 94 valence electrons. The summed E-state index contributed by atoms with van der Waals surface area (Å²) in [5.74, 6) is 1.41. The first-order chi connectivity index (χ1) is 8.27. The fourth-order valence-electron chi connectivity index (χ4n) is 2.52. The van der Waals surface area contributed by atoms with Crippen LogP contribution in [0.2, 0.25) is 5.15 Å². The van der Waals surface area contributed by atoms with Crippen LogP contribution in [0.1, 0.15) is 32.6 Å². The van der Waals surface area contributed by atoms with Crippen LogP contribution in [0.25, 0.3) is 0 Å². The minimum atomic E-state index is 0.383. The fourth-order valence-corrected chi connectivity index (χ4v) is 2.73. The number of hydrogen-bond donors (Lipinski definition) is 0. The molecule has 0 N–H and O–H groups in total. The minimum absolute atomic E-state index is 0.383. The Morgan fingerprint density at radius 2 is 2.12 bits per heavy atom. The molecule has 0 saturated heterocycles. The number of hydrogen-bond acceptors (Lipinski definition) is 4. The van der Waals surface area contributed by atoms with Gasteiger partial charge in [-0.2, -0.15) is 0 Å². The third-order valence-corrected chi connectivity index (χ3v) is 3.59. The third-order valence-electron chi connectivity index (χ3n) is 3.32. The quantitative estimate of drug-likeness (QED) is 0.776. The molecule has 0 unspecified atom stereocenters. The Hall–Kier alpha value is -1.03. The number of rotatable bonds is 4. The molecular weight excluding hydrogens is 238 g/mol. The van der Waals surface area contributed by atoms with Crippen molar-refractivity contribution in [2.45, 2.75) is 38.6 Å². The van der Waals surface area contributed by atoms with Crippen molar-refractivity contribution in [3.63, 3.8) is 0 Å². The van der Waals surface area contributed by atoms with Gasteiger partial charge in [-0.1, -0.05) is 24.4 Å². The van der Waals surface area contributed by atoms with Gasteiger partial charge in [0.1, 0.15) is 6.33 Å². The molecule has 0 amide bonds. The van der Waals surface area contributed by atoms with Crippen LogP contribution in [0.4, 0.5) is 5.82 Å². The van der Waals surface area contributed by atoms with E-state index in [9.17, 15) is 0 Å². The van der Waals surface area contributed by atoms with E-state index in [4.69, 9.17) is 16.3 Å². The molecule has 0 aliphatic heterocycles. The molecule has 1 fully saturated rings. The molecule has 1 heterocycles. The van der Waals surface area contributed by atoms with Crippen LogP contribution in [0.5, 0.6) is 5.75 Å². The Labute approximate surface area is 107 Å². The molecule has 0 aromatic carbocycles. The first-order valence-electron chi connectivity index (χ1n) is 6.09. The van der Waals surface area contributed by atoms with Crippen molar-refractivity contribution in [3.05, 3.63) is 11.5 Å². The largest absolute Gasteiger partial charge is 0.490 e. The fraction of sp³-hybridized carbons (Fsp3) is 0.667. The summed E-state index contributed by atoms with van der Waals surface area (Å²) in [7, 11) is 1.61. The van der Waals surface area contributed by atoms with E-state index in [-0.39, 0.29) is 0 Å². The SMILES string of the molecule is CCN(c1ncnc(Cl)c1OC)C1CCCC1. The molecule has 1 aliphatic carbocycles. The molecule has 0 radical (unpaired) electrons. The maximum Gasteiger partial charge on any atom is 0.199 e. The second kappa shape index (κ2) is 5.54. The summed E-state index contributed by atoms with van der Waals surface area (Å²) in [6.45, 7) is 3.04. The lowest BCUT2D eigenvalue weighted by Gasteiger charge is -2.29. The average molecular weight is 256 g/mol. The van der Waals surface area contributed by atoms with E-state index in [0.29, 0.717) is 16.9 Å². The molecule has 0 spiro atoms. The topological polar surface area (TPSA) is 38.2 Å². The van der Waals surface area contributed by atoms with E-state index >= 15 is 0 Å². The van der Waals surface area contributed by atoms with Crippen LogP contribution in [0.3, 0.4) is 0 Å². The van der Waals surface area contributed by atoms with E-state index < -0.39 is 0 Å². The Kier molecular flexibility index (Phi) is 4.05. The first-order valence-corrected chi connectivity index (χ1v) is 6.46. The highest BCUT2D eigenvalue weighted by molar-refractivity contribution is 6.31. The minimum Gasteiger partial charge on any atom is -0.490 e. The molecule has 2 rings (SSSR count). The van der Waals surface area contributed by atoms with Crippen molar-refractivity contribution in [1.82, 2.24) is 9.97 Å². The van der Waals surface area contributed by atoms with Gasteiger partial charge in [0, 0.05) is 12.6 Å². The van der Waals surface area contributed by atoms with E-state index in [0.717, 1.165) is 12.4 Å². The van der Waals surface area contributed by atoms with Crippen LogP contribution in [0, 0.1) is 0 Å². The molecule has 0 atom stereocenters. The summed E-state index contributed by atoms with van der Waals surface area (Å²) in [5.41, 5.74) is 0. The third kappa shape index (κ3) is 2.46. The Morgan fingerprint density at radius 1 is 1.41 bits per heavy atom. The van der Waals surface area contributed by atoms with Gasteiger partial charge in [-0.05, 0) is 19.8 Å². The lowest BCUT2D eigenvalue weighted by atomic mass is 10.2. The van der Waals surface area contributed by atoms with Gasteiger partial charge >= 0.3 is 0 Å². The normalized spacial score (nSPS) is 16.2. The number of anilines is 1. The molecular formula is C12H18ClN3O. The summed E-state index contributed by atoms with van der Waals surface area (Å²) in [5, 5.41) is 0.383. The van der Waals surface area contributed by atoms with Crippen LogP contribution >= 0.6 is 11.6 Å². The van der Waals surface area contributed by atoms with Crippen molar-refractivity contribution in [1.29, 1.82) is 0 Å². The summed E-state index contributed by atoms with van der Waals surface area (Å²) in [6.07, 6.45) is 6.53. The lowest BCUT2D eigenvalue weighted by Crippen LogP contribution is -2.34. The zero-order chi connectivity index (χ0) is 12.3. The zero-order valence-corrected chi connectivity index (χ0v) is 11.1.